The molecule has 12 nitrogen and oxygen atoms in total. The van der Waals surface area contributed by atoms with Gasteiger partial charge in [0.2, 0.25) is 0 Å². The van der Waals surface area contributed by atoms with Gasteiger partial charge >= 0.3 is 25.7 Å². The van der Waals surface area contributed by atoms with Crippen LogP contribution in [0.2, 0.25) is 0 Å². The Labute approximate surface area is 330 Å². The molecule has 0 fully saturated rings. The molecule has 13 heteroatoms. The van der Waals surface area contributed by atoms with Crippen LogP contribution in [0.1, 0.15) is 149 Å². The van der Waals surface area contributed by atoms with Crippen LogP contribution in [0.4, 0.5) is 0 Å². The molecule has 0 aliphatic carbocycles. The first-order chi connectivity index (χ1) is 26.5. The molecule has 0 aliphatic rings. The molecule has 0 saturated carbocycles. The van der Waals surface area contributed by atoms with E-state index in [0.29, 0.717) is 19.3 Å². The maximum Gasteiger partial charge on any atom is 0.472 e. The zero-order valence-electron chi connectivity index (χ0n) is 33.5. The number of hydrogen-bond donors (Lipinski definition) is 3. The number of phosphoric ester groups is 1. The number of allylic oxidation sites excluding steroid dienone is 10. The fourth-order valence-electron chi connectivity index (χ4n) is 4.93. The summed E-state index contributed by atoms with van der Waals surface area (Å²) in [6.45, 7) is 2.51. The molecule has 3 atom stereocenters. The normalized spacial score (nSPS) is 14.3. The fourth-order valence-corrected chi connectivity index (χ4v) is 5.71. The Balaban J connectivity index is 4.55. The summed E-state index contributed by atoms with van der Waals surface area (Å²) in [6.07, 6.45) is 37.0. The highest BCUT2D eigenvalue weighted by Crippen LogP contribution is 2.43. The first-order valence-electron chi connectivity index (χ1n) is 20.3. The molecule has 0 rings (SSSR count). The predicted molar refractivity (Wildman–Crippen MR) is 217 cm³/mol. The second-order valence-corrected chi connectivity index (χ2v) is 14.9. The number of carbonyl (C=O) groups excluding carboxylic acids is 3. The van der Waals surface area contributed by atoms with Gasteiger partial charge in [0, 0.05) is 19.3 Å². The van der Waals surface area contributed by atoms with E-state index in [0.717, 1.165) is 83.5 Å². The number of rotatable bonds is 37. The number of carboxylic acid groups (broad SMARTS) is 1. The highest BCUT2D eigenvalue weighted by molar-refractivity contribution is 7.47. The van der Waals surface area contributed by atoms with Crippen molar-refractivity contribution in [3.63, 3.8) is 0 Å². The fraction of sp³-hybridized carbons (Fsp3) is 0.667. The smallest absolute Gasteiger partial charge is 0.472 e. The van der Waals surface area contributed by atoms with Crippen LogP contribution in [0.3, 0.4) is 0 Å². The van der Waals surface area contributed by atoms with Crippen molar-refractivity contribution in [3.8, 4) is 0 Å². The molecule has 0 radical (unpaired) electrons. The number of aliphatic carboxylic acids is 1. The largest absolute Gasteiger partial charge is 0.480 e. The van der Waals surface area contributed by atoms with Crippen molar-refractivity contribution in [2.75, 3.05) is 19.8 Å². The van der Waals surface area contributed by atoms with Crippen LogP contribution in [0.5, 0.6) is 0 Å². The minimum absolute atomic E-state index is 0.0921. The molecule has 0 aromatic carbocycles. The summed E-state index contributed by atoms with van der Waals surface area (Å²) in [5.74, 6) is -2.35. The Morgan fingerprint density at radius 1 is 0.618 bits per heavy atom. The van der Waals surface area contributed by atoms with Crippen molar-refractivity contribution in [1.82, 2.24) is 0 Å². The maximum atomic E-state index is 12.6. The number of ether oxygens (including phenoxy) is 2. The Hall–Kier alpha value is -3.15. The van der Waals surface area contributed by atoms with Gasteiger partial charge < -0.3 is 25.2 Å². The quantitative estimate of drug-likeness (QED) is 0.0135. The molecule has 0 bridgehead atoms. The van der Waals surface area contributed by atoms with E-state index in [4.69, 9.17) is 24.8 Å². The van der Waals surface area contributed by atoms with Crippen molar-refractivity contribution >= 4 is 31.5 Å². The summed E-state index contributed by atoms with van der Waals surface area (Å²) in [7, 11) is -4.74. The second kappa shape index (κ2) is 36.5. The molecule has 0 aromatic heterocycles. The maximum absolute atomic E-state index is 12.6. The van der Waals surface area contributed by atoms with Crippen molar-refractivity contribution < 1.29 is 52.3 Å². The van der Waals surface area contributed by atoms with E-state index in [2.05, 4.69) is 54.8 Å². The molecule has 0 saturated heterocycles. The molecular weight excluding hydrogens is 725 g/mol. The summed E-state index contributed by atoms with van der Waals surface area (Å²) in [5, 5.41) is 8.87. The minimum Gasteiger partial charge on any atom is -0.480 e. The van der Waals surface area contributed by atoms with E-state index in [1.54, 1.807) is 12.2 Å². The molecule has 314 valence electrons. The number of unbranched alkanes of at least 4 members (excludes halogenated alkanes) is 12. The van der Waals surface area contributed by atoms with Crippen molar-refractivity contribution in [1.29, 1.82) is 0 Å². The van der Waals surface area contributed by atoms with Gasteiger partial charge in [-0.2, -0.15) is 0 Å². The third-order valence-electron chi connectivity index (χ3n) is 8.21. The minimum atomic E-state index is -4.74. The average Bonchev–Trinajstić information content (AvgIpc) is 3.15. The van der Waals surface area contributed by atoms with Gasteiger partial charge in [0.25, 0.3) is 0 Å². The molecule has 0 amide bonds. The number of hydrogen-bond acceptors (Lipinski definition) is 10. The van der Waals surface area contributed by atoms with E-state index >= 15 is 0 Å². The van der Waals surface area contributed by atoms with E-state index < -0.39 is 57.7 Å². The van der Waals surface area contributed by atoms with Gasteiger partial charge in [-0.3, -0.25) is 28.2 Å². The Kier molecular flexibility index (Phi) is 34.4. The lowest BCUT2D eigenvalue weighted by atomic mass is 10.1. The molecule has 55 heavy (non-hydrogen) atoms. The van der Waals surface area contributed by atoms with Crippen molar-refractivity contribution in [2.45, 2.75) is 161 Å². The van der Waals surface area contributed by atoms with Gasteiger partial charge in [-0.25, -0.2) is 4.57 Å². The molecule has 0 aromatic rings. The summed E-state index contributed by atoms with van der Waals surface area (Å²) in [4.78, 5) is 57.6. The molecule has 0 aliphatic heterocycles. The number of nitrogens with two attached hydrogens (primary N) is 1. The zero-order valence-corrected chi connectivity index (χ0v) is 34.4. The van der Waals surface area contributed by atoms with Crippen LogP contribution >= 0.6 is 7.82 Å². The summed E-state index contributed by atoms with van der Waals surface area (Å²) in [5.41, 5.74) is 5.31. The van der Waals surface area contributed by atoms with Gasteiger partial charge in [-0.1, -0.05) is 113 Å². The van der Waals surface area contributed by atoms with Crippen LogP contribution in [0.15, 0.2) is 60.8 Å². The third kappa shape index (κ3) is 36.3. The van der Waals surface area contributed by atoms with Crippen molar-refractivity contribution in [3.05, 3.63) is 60.8 Å². The number of esters is 2. The van der Waals surface area contributed by atoms with Gasteiger partial charge in [0.05, 0.1) is 13.2 Å². The average molecular weight is 796 g/mol. The van der Waals surface area contributed by atoms with Crippen LogP contribution < -0.4 is 5.73 Å². The second-order valence-electron chi connectivity index (χ2n) is 13.4. The Morgan fingerprint density at radius 2 is 1.13 bits per heavy atom. The van der Waals surface area contributed by atoms with Crippen molar-refractivity contribution in [2.24, 2.45) is 5.73 Å². The monoisotopic (exact) mass is 795 g/mol. The van der Waals surface area contributed by atoms with Crippen LogP contribution in [-0.2, 0) is 42.3 Å². The van der Waals surface area contributed by atoms with Gasteiger partial charge in [0.15, 0.2) is 11.9 Å². The highest BCUT2D eigenvalue weighted by Gasteiger charge is 2.28. The lowest BCUT2D eigenvalue weighted by molar-refractivity contribution is -0.161. The zero-order chi connectivity index (χ0) is 40.8. The Bertz CT molecular complexity index is 1230. The van der Waals surface area contributed by atoms with Crippen LogP contribution in [0.25, 0.3) is 0 Å². The SMILES string of the molecule is CCCCC/C=C\C/C=C\C/C=C\CCCCC(=O)O[C@H](COC(=O)CCCCCCC/C=C\C=C\C(=O)CCCCC)COP(=O)(O)OC[C@H](N)C(=O)O. The van der Waals surface area contributed by atoms with Crippen LogP contribution in [0, 0.1) is 0 Å². The summed E-state index contributed by atoms with van der Waals surface area (Å²) < 4.78 is 32.5. The van der Waals surface area contributed by atoms with Gasteiger partial charge in [-0.15, -0.1) is 0 Å². The van der Waals surface area contributed by atoms with Gasteiger partial charge in [-0.05, 0) is 76.7 Å². The lowest BCUT2D eigenvalue weighted by Gasteiger charge is -2.20. The number of carboxylic acids is 1. The predicted octanol–water partition coefficient (Wildman–Crippen LogP) is 9.57. The summed E-state index contributed by atoms with van der Waals surface area (Å²) >= 11 is 0. The highest BCUT2D eigenvalue weighted by atomic mass is 31.2. The molecular formula is C42H70NO11P. The first kappa shape index (κ1) is 51.9. The van der Waals surface area contributed by atoms with E-state index in [1.165, 1.54) is 19.3 Å². The number of ketones is 1. The molecule has 0 spiro atoms. The number of phosphoric acid groups is 1. The van der Waals surface area contributed by atoms with Crippen LogP contribution in [-0.4, -0.2) is 65.7 Å². The molecule has 4 N–H and O–H groups in total. The molecule has 0 heterocycles. The van der Waals surface area contributed by atoms with E-state index in [1.807, 2.05) is 12.2 Å². The lowest BCUT2D eigenvalue weighted by Crippen LogP contribution is -2.34. The Morgan fingerprint density at radius 3 is 1.80 bits per heavy atom. The first-order valence-corrected chi connectivity index (χ1v) is 21.8. The third-order valence-corrected chi connectivity index (χ3v) is 9.17. The van der Waals surface area contributed by atoms with Gasteiger partial charge in [0.1, 0.15) is 12.6 Å². The molecule has 1 unspecified atom stereocenters. The van der Waals surface area contributed by atoms with E-state index in [9.17, 15) is 28.6 Å². The topological polar surface area (TPSA) is 189 Å². The standard InChI is InChI=1S/C42H70NO11P/c1-3-5-7-8-9-10-11-12-13-14-15-18-22-25-29-33-41(46)54-38(35-52-55(49,50)53-36-39(43)42(47)48)34-51-40(45)32-28-24-21-19-16-17-20-23-27-31-37(44)30-26-6-4-2/h9-10,12-13,15,18,20,23,27,31,38-39H,3-8,11,14,16-17,19,21-22,24-26,28-30,32-36,43H2,1-2H3,(H,47,48)(H,49,50)/b10-9-,13-12-,18-15-,23-20-,31-27+/t38-,39+/m1/s1. The van der Waals surface area contributed by atoms with E-state index in [-0.39, 0.29) is 18.6 Å². The number of carbonyl (C=O) groups is 4. The summed E-state index contributed by atoms with van der Waals surface area (Å²) in [6, 6.07) is -1.54.